The quantitative estimate of drug-likeness (QED) is 0.870. The van der Waals surface area contributed by atoms with E-state index in [2.05, 4.69) is 26.2 Å². The molecule has 0 unspecified atom stereocenters. The lowest BCUT2D eigenvalue weighted by atomic mass is 10.2. The maximum absolute atomic E-state index is 13.6. The van der Waals surface area contributed by atoms with E-state index < -0.39 is 11.6 Å². The standard InChI is InChI=1S/C13H11BrF2N2O/c1-17-5-8-2-10(7-18-6-8)19-12-4-9(14)3-11(15)13(12)16/h2-4,6-7,17H,5H2,1H3. The van der Waals surface area contributed by atoms with Crippen molar-refractivity contribution >= 4 is 15.9 Å². The minimum Gasteiger partial charge on any atom is -0.452 e. The van der Waals surface area contributed by atoms with Crippen molar-refractivity contribution in [2.45, 2.75) is 6.54 Å². The summed E-state index contributed by atoms with van der Waals surface area (Å²) in [5.74, 6) is -1.83. The minimum absolute atomic E-state index is 0.185. The fourth-order valence-corrected chi connectivity index (χ4v) is 1.96. The van der Waals surface area contributed by atoms with Crippen molar-refractivity contribution in [1.82, 2.24) is 10.3 Å². The van der Waals surface area contributed by atoms with Gasteiger partial charge in [-0.05, 0) is 30.8 Å². The molecule has 0 atom stereocenters. The van der Waals surface area contributed by atoms with E-state index in [-0.39, 0.29) is 5.75 Å². The molecule has 2 aromatic rings. The third kappa shape index (κ3) is 3.48. The number of benzene rings is 1. The summed E-state index contributed by atoms with van der Waals surface area (Å²) in [4.78, 5) is 3.98. The Morgan fingerprint density at radius 2 is 2.05 bits per heavy atom. The van der Waals surface area contributed by atoms with Crippen molar-refractivity contribution < 1.29 is 13.5 Å². The first-order valence-electron chi connectivity index (χ1n) is 5.51. The molecule has 0 amide bonds. The number of pyridine rings is 1. The highest BCUT2D eigenvalue weighted by atomic mass is 79.9. The zero-order chi connectivity index (χ0) is 13.8. The van der Waals surface area contributed by atoms with Crippen LogP contribution < -0.4 is 10.1 Å². The second-order valence-electron chi connectivity index (χ2n) is 3.86. The van der Waals surface area contributed by atoms with Crippen molar-refractivity contribution in [3.63, 3.8) is 0 Å². The number of halogens is 3. The maximum Gasteiger partial charge on any atom is 0.201 e. The first kappa shape index (κ1) is 13.9. The first-order valence-corrected chi connectivity index (χ1v) is 6.30. The van der Waals surface area contributed by atoms with Gasteiger partial charge in [0.2, 0.25) is 5.82 Å². The molecular formula is C13H11BrF2N2O. The van der Waals surface area contributed by atoms with Gasteiger partial charge in [-0.25, -0.2) is 4.39 Å². The SMILES string of the molecule is CNCc1cncc(Oc2cc(Br)cc(F)c2F)c1. The number of nitrogens with zero attached hydrogens (tertiary/aromatic N) is 1. The molecule has 0 bridgehead atoms. The van der Waals surface area contributed by atoms with Gasteiger partial charge >= 0.3 is 0 Å². The molecule has 1 heterocycles. The second-order valence-corrected chi connectivity index (χ2v) is 4.78. The molecule has 0 aliphatic carbocycles. The number of hydrogen-bond donors (Lipinski definition) is 1. The van der Waals surface area contributed by atoms with Crippen molar-refractivity contribution in [2.24, 2.45) is 0 Å². The lowest BCUT2D eigenvalue weighted by molar-refractivity contribution is 0.414. The van der Waals surface area contributed by atoms with Gasteiger partial charge in [-0.3, -0.25) is 4.98 Å². The van der Waals surface area contributed by atoms with Crippen molar-refractivity contribution in [3.8, 4) is 11.5 Å². The van der Waals surface area contributed by atoms with Crippen molar-refractivity contribution in [3.05, 3.63) is 52.3 Å². The molecule has 0 saturated heterocycles. The normalized spacial score (nSPS) is 10.5. The van der Waals surface area contributed by atoms with Gasteiger partial charge in [0.15, 0.2) is 11.6 Å². The van der Waals surface area contributed by atoms with Gasteiger partial charge in [0.1, 0.15) is 5.75 Å². The Labute approximate surface area is 117 Å². The highest BCUT2D eigenvalue weighted by molar-refractivity contribution is 9.10. The molecule has 100 valence electrons. The van der Waals surface area contributed by atoms with Gasteiger partial charge in [0, 0.05) is 17.2 Å². The van der Waals surface area contributed by atoms with Crippen LogP contribution in [0.25, 0.3) is 0 Å². The predicted octanol–water partition coefficient (Wildman–Crippen LogP) is 3.63. The molecular weight excluding hydrogens is 318 g/mol. The summed E-state index contributed by atoms with van der Waals surface area (Å²) >= 11 is 3.09. The minimum atomic E-state index is -1.03. The fraction of sp³-hybridized carbons (Fsp3) is 0.154. The summed E-state index contributed by atoms with van der Waals surface area (Å²) in [5.41, 5.74) is 0.885. The van der Waals surface area contributed by atoms with E-state index >= 15 is 0 Å². The van der Waals surface area contributed by atoms with E-state index in [1.165, 1.54) is 12.3 Å². The van der Waals surface area contributed by atoms with Crippen LogP contribution in [0.2, 0.25) is 0 Å². The van der Waals surface area contributed by atoms with Gasteiger partial charge in [0.25, 0.3) is 0 Å². The summed E-state index contributed by atoms with van der Waals surface area (Å²) in [5, 5.41) is 2.97. The first-order chi connectivity index (χ1) is 9.10. The summed E-state index contributed by atoms with van der Waals surface area (Å²) in [6, 6.07) is 4.11. The Hall–Kier alpha value is -1.53. The molecule has 1 aromatic heterocycles. The smallest absolute Gasteiger partial charge is 0.201 e. The Morgan fingerprint density at radius 1 is 1.26 bits per heavy atom. The molecule has 0 saturated carbocycles. The Balaban J connectivity index is 2.28. The molecule has 0 radical (unpaired) electrons. The van der Waals surface area contributed by atoms with Gasteiger partial charge in [0.05, 0.1) is 6.20 Å². The molecule has 19 heavy (non-hydrogen) atoms. The zero-order valence-corrected chi connectivity index (χ0v) is 11.7. The highest BCUT2D eigenvalue weighted by Crippen LogP contribution is 2.29. The molecule has 0 fully saturated rings. The molecule has 1 N–H and O–H groups in total. The van der Waals surface area contributed by atoms with Crippen LogP contribution in [0, 0.1) is 11.6 Å². The van der Waals surface area contributed by atoms with Gasteiger partial charge in [-0.1, -0.05) is 15.9 Å². The van der Waals surface area contributed by atoms with E-state index in [9.17, 15) is 8.78 Å². The topological polar surface area (TPSA) is 34.2 Å². The fourth-order valence-electron chi connectivity index (χ4n) is 1.55. The molecule has 2 rings (SSSR count). The van der Waals surface area contributed by atoms with Crippen LogP contribution in [-0.2, 0) is 6.54 Å². The van der Waals surface area contributed by atoms with E-state index in [4.69, 9.17) is 4.74 Å². The number of ether oxygens (including phenoxy) is 1. The van der Waals surface area contributed by atoms with Crippen LogP contribution in [0.5, 0.6) is 11.5 Å². The van der Waals surface area contributed by atoms with Crippen molar-refractivity contribution in [1.29, 1.82) is 0 Å². The maximum atomic E-state index is 13.6. The molecule has 3 nitrogen and oxygen atoms in total. The molecule has 1 aromatic carbocycles. The third-order valence-electron chi connectivity index (χ3n) is 2.34. The second kappa shape index (κ2) is 6.08. The Kier molecular flexibility index (Phi) is 4.44. The average molecular weight is 329 g/mol. The van der Waals surface area contributed by atoms with E-state index in [0.717, 1.165) is 11.6 Å². The van der Waals surface area contributed by atoms with Crippen LogP contribution in [-0.4, -0.2) is 12.0 Å². The lowest BCUT2D eigenvalue weighted by Crippen LogP contribution is -2.05. The summed E-state index contributed by atoms with van der Waals surface area (Å²) in [6.07, 6.45) is 3.11. The van der Waals surface area contributed by atoms with E-state index in [1.807, 2.05) is 0 Å². The summed E-state index contributed by atoms with van der Waals surface area (Å²) in [6.45, 7) is 0.611. The lowest BCUT2D eigenvalue weighted by Gasteiger charge is -2.09. The number of nitrogens with one attached hydrogen (secondary N) is 1. The summed E-state index contributed by atoms with van der Waals surface area (Å²) < 4.78 is 32.5. The van der Waals surface area contributed by atoms with E-state index in [0.29, 0.717) is 16.8 Å². The van der Waals surface area contributed by atoms with Crippen LogP contribution in [0.3, 0.4) is 0 Å². The number of rotatable bonds is 4. The Bertz CT molecular complexity index is 593. The van der Waals surface area contributed by atoms with Crippen molar-refractivity contribution in [2.75, 3.05) is 7.05 Å². The zero-order valence-electron chi connectivity index (χ0n) is 10.1. The molecule has 6 heteroatoms. The van der Waals surface area contributed by atoms with Crippen LogP contribution in [0.1, 0.15) is 5.56 Å². The summed E-state index contributed by atoms with van der Waals surface area (Å²) in [7, 11) is 1.80. The van der Waals surface area contributed by atoms with Gasteiger partial charge in [-0.2, -0.15) is 4.39 Å². The average Bonchev–Trinajstić information content (AvgIpc) is 2.36. The predicted molar refractivity (Wildman–Crippen MR) is 71.1 cm³/mol. The largest absolute Gasteiger partial charge is 0.452 e. The van der Waals surface area contributed by atoms with Crippen LogP contribution >= 0.6 is 15.9 Å². The van der Waals surface area contributed by atoms with Crippen LogP contribution in [0.15, 0.2) is 35.1 Å². The number of hydrogen-bond acceptors (Lipinski definition) is 3. The third-order valence-corrected chi connectivity index (χ3v) is 2.80. The van der Waals surface area contributed by atoms with Gasteiger partial charge in [-0.15, -0.1) is 0 Å². The molecule has 0 aliphatic heterocycles. The van der Waals surface area contributed by atoms with E-state index in [1.54, 1.807) is 19.3 Å². The van der Waals surface area contributed by atoms with Gasteiger partial charge < -0.3 is 10.1 Å². The molecule has 0 spiro atoms. The molecule has 0 aliphatic rings. The number of aromatic nitrogens is 1. The monoisotopic (exact) mass is 328 g/mol. The van der Waals surface area contributed by atoms with Crippen LogP contribution in [0.4, 0.5) is 8.78 Å². The highest BCUT2D eigenvalue weighted by Gasteiger charge is 2.12. The Morgan fingerprint density at radius 3 is 2.79 bits per heavy atom.